The van der Waals surface area contributed by atoms with Crippen LogP contribution in [-0.4, -0.2) is 15.4 Å². The van der Waals surface area contributed by atoms with E-state index >= 15 is 0 Å². The molecule has 1 aromatic carbocycles. The second-order valence-electron chi connectivity index (χ2n) is 6.02. The molecule has 4 rings (SSSR count). The zero-order valence-corrected chi connectivity index (χ0v) is 13.8. The summed E-state index contributed by atoms with van der Waals surface area (Å²) in [6.45, 7) is 13.5. The first-order valence-corrected chi connectivity index (χ1v) is 7.92. The number of hydrogen-bond donors (Lipinski definition) is 2. The monoisotopic (exact) mass is 319 g/mol. The number of H-pyrrole nitrogens is 1. The average Bonchev–Trinajstić information content (AvgIpc) is 3.16. The second kappa shape index (κ2) is 5.24. The van der Waals surface area contributed by atoms with Crippen molar-refractivity contribution in [3.8, 4) is 0 Å². The molecule has 1 atom stereocenters. The van der Waals surface area contributed by atoms with Crippen molar-refractivity contribution in [3.63, 3.8) is 0 Å². The number of hydrogen-bond acceptors (Lipinski definition) is 4. The highest BCUT2D eigenvalue weighted by Gasteiger charge is 2.33. The second-order valence-corrected chi connectivity index (χ2v) is 6.02. The molecule has 6 nitrogen and oxygen atoms in total. The molecule has 2 aromatic heterocycles. The molecule has 0 saturated heterocycles. The lowest BCUT2D eigenvalue weighted by atomic mass is 9.85. The Morgan fingerprint density at radius 2 is 2.17 bits per heavy atom. The molecule has 0 fully saturated rings. The van der Waals surface area contributed by atoms with Gasteiger partial charge in [0.25, 0.3) is 0 Å². The lowest BCUT2D eigenvalue weighted by Crippen LogP contribution is -2.15. The van der Waals surface area contributed by atoms with Gasteiger partial charge in [0.05, 0.1) is 23.7 Å². The summed E-state index contributed by atoms with van der Waals surface area (Å²) in [5.74, 6) is 0.458. The molecule has 0 spiro atoms. The number of fused-ring (bicyclic) bond motifs is 2. The minimum atomic E-state index is -0.172. The Labute approximate surface area is 139 Å². The van der Waals surface area contributed by atoms with E-state index in [0.717, 1.165) is 45.5 Å². The zero-order valence-electron chi connectivity index (χ0n) is 13.8. The van der Waals surface area contributed by atoms with Gasteiger partial charge in [-0.2, -0.15) is 5.10 Å². The summed E-state index contributed by atoms with van der Waals surface area (Å²) >= 11 is 0. The maximum absolute atomic E-state index is 7.64. The SMILES string of the molecule is [C-]#[N+]C1=C(C)Nc2onc(C)c2C1c1ccc2n[nH]c(CC)c2c1. The van der Waals surface area contributed by atoms with Crippen LogP contribution in [0.25, 0.3) is 15.7 Å². The molecule has 1 aliphatic heterocycles. The van der Waals surface area contributed by atoms with E-state index in [1.807, 2.05) is 26.0 Å². The Hall–Kier alpha value is -3.07. The third kappa shape index (κ3) is 1.95. The number of allylic oxidation sites excluding steroid dienone is 2. The molecule has 0 aliphatic carbocycles. The maximum Gasteiger partial charge on any atom is 0.230 e. The Balaban J connectivity index is 1.97. The molecule has 1 aliphatic rings. The summed E-state index contributed by atoms with van der Waals surface area (Å²) in [4.78, 5) is 3.79. The van der Waals surface area contributed by atoms with Gasteiger partial charge < -0.3 is 9.84 Å². The molecule has 3 aromatic rings. The number of rotatable bonds is 2. The van der Waals surface area contributed by atoms with E-state index in [4.69, 9.17) is 11.1 Å². The highest BCUT2D eigenvalue weighted by molar-refractivity contribution is 5.83. The number of aromatic amines is 1. The molecule has 0 saturated carbocycles. The molecular weight excluding hydrogens is 302 g/mol. The van der Waals surface area contributed by atoms with Crippen LogP contribution in [0, 0.1) is 13.5 Å². The van der Waals surface area contributed by atoms with Crippen LogP contribution in [0.5, 0.6) is 0 Å². The van der Waals surface area contributed by atoms with Crippen molar-refractivity contribution in [3.05, 3.63) is 63.5 Å². The summed E-state index contributed by atoms with van der Waals surface area (Å²) in [6.07, 6.45) is 0.883. The van der Waals surface area contributed by atoms with Crippen LogP contribution >= 0.6 is 0 Å². The van der Waals surface area contributed by atoms with Gasteiger partial charge in [0.15, 0.2) is 5.70 Å². The summed E-state index contributed by atoms with van der Waals surface area (Å²) in [5, 5.41) is 15.8. The molecule has 6 heteroatoms. The van der Waals surface area contributed by atoms with Crippen LogP contribution in [0.2, 0.25) is 0 Å². The topological polar surface area (TPSA) is 71.1 Å². The maximum atomic E-state index is 7.64. The third-order valence-corrected chi connectivity index (χ3v) is 4.62. The smallest absolute Gasteiger partial charge is 0.230 e. The molecule has 120 valence electrons. The fraction of sp³-hybridized carbons (Fsp3) is 0.278. The van der Waals surface area contributed by atoms with Crippen molar-refractivity contribution in [1.82, 2.24) is 15.4 Å². The van der Waals surface area contributed by atoms with Crippen LogP contribution in [0.15, 0.2) is 34.1 Å². The van der Waals surface area contributed by atoms with Gasteiger partial charge in [0.1, 0.15) is 0 Å². The predicted molar refractivity (Wildman–Crippen MR) is 91.5 cm³/mol. The Kier molecular flexibility index (Phi) is 3.17. The summed E-state index contributed by atoms with van der Waals surface area (Å²) < 4.78 is 5.40. The van der Waals surface area contributed by atoms with Crippen LogP contribution in [0.4, 0.5) is 5.88 Å². The molecule has 1 unspecified atom stereocenters. The van der Waals surface area contributed by atoms with Gasteiger partial charge in [-0.1, -0.05) is 18.1 Å². The number of benzene rings is 1. The molecule has 2 N–H and O–H groups in total. The minimum Gasteiger partial charge on any atom is -0.338 e. The molecule has 24 heavy (non-hydrogen) atoms. The third-order valence-electron chi connectivity index (χ3n) is 4.62. The average molecular weight is 319 g/mol. The number of aryl methyl sites for hydroxylation is 2. The van der Waals surface area contributed by atoms with E-state index < -0.39 is 0 Å². The highest BCUT2D eigenvalue weighted by atomic mass is 16.5. The minimum absolute atomic E-state index is 0.172. The Morgan fingerprint density at radius 3 is 2.92 bits per heavy atom. The number of nitrogens with zero attached hydrogens (tertiary/aromatic N) is 3. The van der Waals surface area contributed by atoms with Crippen LogP contribution < -0.4 is 5.32 Å². The van der Waals surface area contributed by atoms with Gasteiger partial charge in [0.2, 0.25) is 5.88 Å². The molecular formula is C18H17N5O. The molecule has 0 radical (unpaired) electrons. The quantitative estimate of drug-likeness (QED) is 0.697. The fourth-order valence-electron chi connectivity index (χ4n) is 3.40. The van der Waals surface area contributed by atoms with E-state index in [2.05, 4.69) is 38.5 Å². The van der Waals surface area contributed by atoms with Crippen LogP contribution in [0.1, 0.15) is 42.3 Å². The molecule has 3 heterocycles. The summed E-state index contributed by atoms with van der Waals surface area (Å²) in [6, 6.07) is 6.16. The largest absolute Gasteiger partial charge is 0.338 e. The van der Waals surface area contributed by atoms with Crippen molar-refractivity contribution < 1.29 is 4.52 Å². The van der Waals surface area contributed by atoms with Gasteiger partial charge in [-0.25, -0.2) is 4.85 Å². The van der Waals surface area contributed by atoms with E-state index in [0.29, 0.717) is 11.6 Å². The summed E-state index contributed by atoms with van der Waals surface area (Å²) in [5.41, 5.74) is 6.32. The van der Waals surface area contributed by atoms with Crippen LogP contribution in [0.3, 0.4) is 0 Å². The van der Waals surface area contributed by atoms with E-state index in [1.54, 1.807) is 0 Å². The number of nitrogens with one attached hydrogen (secondary N) is 2. The van der Waals surface area contributed by atoms with Gasteiger partial charge >= 0.3 is 0 Å². The predicted octanol–water partition coefficient (Wildman–Crippen LogP) is 4.13. The van der Waals surface area contributed by atoms with Gasteiger partial charge in [0, 0.05) is 22.3 Å². The summed E-state index contributed by atoms with van der Waals surface area (Å²) in [7, 11) is 0. The first-order valence-electron chi connectivity index (χ1n) is 7.92. The normalized spacial score (nSPS) is 16.8. The number of anilines is 1. The van der Waals surface area contributed by atoms with Crippen molar-refractivity contribution in [2.45, 2.75) is 33.1 Å². The van der Waals surface area contributed by atoms with Crippen molar-refractivity contribution in [1.29, 1.82) is 0 Å². The van der Waals surface area contributed by atoms with Crippen molar-refractivity contribution in [2.24, 2.45) is 0 Å². The van der Waals surface area contributed by atoms with E-state index in [-0.39, 0.29) is 5.92 Å². The van der Waals surface area contributed by atoms with E-state index in [1.165, 1.54) is 0 Å². The van der Waals surface area contributed by atoms with Crippen molar-refractivity contribution in [2.75, 3.05) is 5.32 Å². The number of aromatic nitrogens is 3. The molecule has 0 amide bonds. The first kappa shape index (κ1) is 14.5. The highest BCUT2D eigenvalue weighted by Crippen LogP contribution is 2.44. The Bertz CT molecular complexity index is 1020. The zero-order chi connectivity index (χ0) is 16.8. The fourth-order valence-corrected chi connectivity index (χ4v) is 3.40. The lowest BCUT2D eigenvalue weighted by Gasteiger charge is -2.24. The van der Waals surface area contributed by atoms with Crippen LogP contribution in [-0.2, 0) is 6.42 Å². The molecule has 0 bridgehead atoms. The first-order chi connectivity index (χ1) is 11.6. The van der Waals surface area contributed by atoms with Crippen molar-refractivity contribution >= 4 is 16.8 Å². The van der Waals surface area contributed by atoms with E-state index in [9.17, 15) is 0 Å². The van der Waals surface area contributed by atoms with Gasteiger partial charge in [-0.15, -0.1) is 0 Å². The Morgan fingerprint density at radius 1 is 1.33 bits per heavy atom. The lowest BCUT2D eigenvalue weighted by molar-refractivity contribution is 0.428. The standard InChI is InChI=1S/C18H17N5O/c1-5-13-12-8-11(6-7-14(12)22-21-13)16-15-9(2)23-24-18(15)20-10(3)17(16)19-4/h6-8,16,20H,5H2,1-3H3,(H,21,22). The van der Waals surface area contributed by atoms with Gasteiger partial charge in [-0.05, 0) is 38.0 Å². The van der Waals surface area contributed by atoms with Gasteiger partial charge in [-0.3, -0.25) is 5.10 Å².